The number of ether oxygens (including phenoxy) is 1. The Morgan fingerprint density at radius 2 is 1.47 bits per heavy atom. The van der Waals surface area contributed by atoms with Crippen molar-refractivity contribution in [1.29, 1.82) is 0 Å². The summed E-state index contributed by atoms with van der Waals surface area (Å²) < 4.78 is 4.58. The van der Waals surface area contributed by atoms with Gasteiger partial charge >= 0.3 is 0 Å². The summed E-state index contributed by atoms with van der Waals surface area (Å²) >= 11 is 0. The number of aliphatic hydroxyl groups excluding tert-OH is 1. The molecule has 1 aliphatic rings. The molecule has 108 valence electrons. The summed E-state index contributed by atoms with van der Waals surface area (Å²) in [6.45, 7) is 1.48. The van der Waals surface area contributed by atoms with Crippen molar-refractivity contribution in [3.8, 4) is 0 Å². The molecule has 1 rings (SSSR count). The lowest BCUT2D eigenvalue weighted by molar-refractivity contribution is -0.334. The molecule has 0 aliphatic carbocycles. The van der Waals surface area contributed by atoms with Gasteiger partial charge in [0.05, 0.1) is 6.61 Å². The fourth-order valence-electron chi connectivity index (χ4n) is 2.26. The van der Waals surface area contributed by atoms with Gasteiger partial charge in [-0.05, 0) is 20.8 Å². The van der Waals surface area contributed by atoms with E-state index >= 15 is 0 Å². The predicted molar refractivity (Wildman–Crippen MR) is 58.9 cm³/mol. The average molecular weight is 276 g/mol. The van der Waals surface area contributed by atoms with Crippen LogP contribution in [0.25, 0.3) is 0 Å². The van der Waals surface area contributed by atoms with Crippen LogP contribution < -0.4 is 0 Å². The van der Waals surface area contributed by atoms with Crippen LogP contribution in [0.2, 0.25) is 0 Å². The topological polar surface area (TPSA) is 141 Å². The number of hydrogen-bond acceptors (Lipinski definition) is 8. The lowest BCUT2D eigenvalue weighted by Gasteiger charge is -2.53. The molecule has 0 radical (unpaired) electrons. The van der Waals surface area contributed by atoms with E-state index in [4.69, 9.17) is 0 Å². The number of carbonyl (C=O) groups is 3. The molecule has 0 unspecified atom stereocenters. The van der Waals surface area contributed by atoms with Crippen LogP contribution in [-0.2, 0) is 19.1 Å². The van der Waals surface area contributed by atoms with Gasteiger partial charge in [0.15, 0.2) is 29.2 Å². The van der Waals surface area contributed by atoms with Crippen molar-refractivity contribution in [2.24, 2.45) is 0 Å². The van der Waals surface area contributed by atoms with Gasteiger partial charge in [0.2, 0.25) is 11.2 Å². The Labute approximate surface area is 108 Å². The Morgan fingerprint density at radius 3 is 1.79 bits per heavy atom. The number of ketones is 3. The summed E-state index contributed by atoms with van der Waals surface area (Å²) in [5.74, 6) is -3.56. The van der Waals surface area contributed by atoms with Crippen molar-refractivity contribution in [1.82, 2.24) is 0 Å². The molecule has 0 bridgehead atoms. The molecule has 4 N–H and O–H groups in total. The van der Waals surface area contributed by atoms with Crippen molar-refractivity contribution in [3.05, 3.63) is 0 Å². The fourth-order valence-corrected chi connectivity index (χ4v) is 2.26. The van der Waals surface area contributed by atoms with E-state index in [1.165, 1.54) is 0 Å². The summed E-state index contributed by atoms with van der Waals surface area (Å²) in [4.78, 5) is 34.7. The van der Waals surface area contributed by atoms with E-state index in [2.05, 4.69) is 4.74 Å². The molecular formula is C11H16O8. The second kappa shape index (κ2) is 4.43. The largest absolute Gasteiger partial charge is 0.376 e. The zero-order chi connectivity index (χ0) is 15.2. The van der Waals surface area contributed by atoms with Crippen LogP contribution in [-0.4, -0.2) is 67.5 Å². The summed E-state index contributed by atoms with van der Waals surface area (Å²) in [6, 6.07) is 0. The molecule has 19 heavy (non-hydrogen) atoms. The Balaban J connectivity index is 3.65. The highest BCUT2D eigenvalue weighted by Gasteiger charge is 2.75. The summed E-state index contributed by atoms with van der Waals surface area (Å²) in [6.07, 6.45) is -2.25. The van der Waals surface area contributed by atoms with Crippen LogP contribution in [0.1, 0.15) is 20.8 Å². The van der Waals surface area contributed by atoms with Gasteiger partial charge in [-0.25, -0.2) is 0 Å². The number of rotatable bonds is 3. The molecular weight excluding hydrogens is 260 g/mol. The Kier molecular flexibility index (Phi) is 3.70. The van der Waals surface area contributed by atoms with Crippen molar-refractivity contribution in [3.63, 3.8) is 0 Å². The van der Waals surface area contributed by atoms with Crippen molar-refractivity contribution >= 4 is 17.3 Å². The van der Waals surface area contributed by atoms with Crippen LogP contribution >= 0.6 is 0 Å². The van der Waals surface area contributed by atoms with Gasteiger partial charge in [-0.15, -0.1) is 0 Å². The Bertz CT molecular complexity index is 446. The zero-order valence-electron chi connectivity index (χ0n) is 10.7. The van der Waals surface area contributed by atoms with Crippen LogP contribution in [0, 0.1) is 0 Å². The average Bonchev–Trinajstić information content (AvgIpc) is 2.30. The molecule has 0 aromatic carbocycles. The third kappa shape index (κ3) is 1.68. The van der Waals surface area contributed by atoms with E-state index in [1.54, 1.807) is 0 Å². The standard InChI is InChI=1S/C11H16O8/c1-5(12)9(16)4-19-8(15)10(17,6(2)13)11(9,18)7(3)14/h8,15-18H,4H2,1-3H3/t8-,9+,10+,11+/m1/s1. The molecule has 8 nitrogen and oxygen atoms in total. The van der Waals surface area contributed by atoms with Gasteiger partial charge in [0, 0.05) is 0 Å². The minimum atomic E-state index is -3.20. The highest BCUT2D eigenvalue weighted by atomic mass is 16.6. The third-order valence-corrected chi connectivity index (χ3v) is 3.59. The number of hydrogen-bond donors (Lipinski definition) is 4. The van der Waals surface area contributed by atoms with Crippen molar-refractivity contribution in [2.75, 3.05) is 6.61 Å². The molecule has 4 atom stereocenters. The first-order valence-electron chi connectivity index (χ1n) is 5.46. The predicted octanol–water partition coefficient (Wildman–Crippen LogP) is -2.70. The van der Waals surface area contributed by atoms with E-state index in [-0.39, 0.29) is 0 Å². The first kappa shape index (κ1) is 15.9. The molecule has 1 fully saturated rings. The first-order chi connectivity index (χ1) is 8.46. The SMILES string of the molecule is CC(=O)[C@]1(O)[C@@](O)(C(C)=O)CO[C@@H](O)[C@@]1(O)C(C)=O. The lowest BCUT2D eigenvalue weighted by Crippen LogP contribution is -2.83. The van der Waals surface area contributed by atoms with Crippen LogP contribution in [0.4, 0.5) is 0 Å². The maximum Gasteiger partial charge on any atom is 0.213 e. The van der Waals surface area contributed by atoms with Gasteiger partial charge < -0.3 is 25.2 Å². The molecule has 0 amide bonds. The monoisotopic (exact) mass is 276 g/mol. The van der Waals surface area contributed by atoms with Gasteiger partial charge in [0.25, 0.3) is 0 Å². The van der Waals surface area contributed by atoms with Crippen LogP contribution in [0.15, 0.2) is 0 Å². The van der Waals surface area contributed by atoms with Crippen LogP contribution in [0.3, 0.4) is 0 Å². The van der Waals surface area contributed by atoms with Crippen molar-refractivity contribution in [2.45, 2.75) is 43.9 Å². The second-order valence-electron chi connectivity index (χ2n) is 4.67. The number of Topliss-reactive ketones (excluding diaryl/α,β-unsaturated/α-hetero) is 3. The summed E-state index contributed by atoms with van der Waals surface area (Å²) in [5.41, 5.74) is -9.18. The van der Waals surface area contributed by atoms with Crippen molar-refractivity contribution < 1.29 is 39.5 Å². The molecule has 1 heterocycles. The molecule has 0 spiro atoms. The van der Waals surface area contributed by atoms with E-state index in [0.717, 1.165) is 20.8 Å². The molecule has 1 saturated heterocycles. The van der Waals surface area contributed by atoms with E-state index in [0.29, 0.717) is 0 Å². The molecule has 0 aromatic heterocycles. The molecule has 0 aromatic rings. The molecule has 1 aliphatic heterocycles. The van der Waals surface area contributed by atoms with Gasteiger partial charge in [-0.3, -0.25) is 14.4 Å². The van der Waals surface area contributed by atoms with E-state index in [9.17, 15) is 34.8 Å². The highest BCUT2D eigenvalue weighted by Crippen LogP contribution is 2.42. The quantitative estimate of drug-likeness (QED) is 0.436. The first-order valence-corrected chi connectivity index (χ1v) is 5.46. The number of carbonyl (C=O) groups excluding carboxylic acids is 3. The Hall–Kier alpha value is -1.19. The van der Waals surface area contributed by atoms with Crippen LogP contribution in [0.5, 0.6) is 0 Å². The normalized spacial score (nSPS) is 42.8. The molecule has 8 heteroatoms. The minimum Gasteiger partial charge on any atom is -0.376 e. The fraction of sp³-hybridized carbons (Fsp3) is 0.727. The van der Waals surface area contributed by atoms with Gasteiger partial charge in [-0.2, -0.15) is 0 Å². The highest BCUT2D eigenvalue weighted by molar-refractivity contribution is 6.04. The van der Waals surface area contributed by atoms with E-state index in [1.807, 2.05) is 0 Å². The zero-order valence-corrected chi connectivity index (χ0v) is 10.7. The van der Waals surface area contributed by atoms with Gasteiger partial charge in [-0.1, -0.05) is 0 Å². The van der Waals surface area contributed by atoms with E-state index < -0.39 is 47.0 Å². The third-order valence-electron chi connectivity index (χ3n) is 3.59. The summed E-state index contributed by atoms with van der Waals surface area (Å²) in [7, 11) is 0. The Morgan fingerprint density at radius 1 is 1.00 bits per heavy atom. The maximum atomic E-state index is 11.7. The summed E-state index contributed by atoms with van der Waals surface area (Å²) in [5, 5.41) is 40.3. The number of aliphatic hydroxyl groups is 4. The molecule has 0 saturated carbocycles. The second-order valence-corrected chi connectivity index (χ2v) is 4.67. The maximum absolute atomic E-state index is 11.7. The smallest absolute Gasteiger partial charge is 0.213 e. The lowest BCUT2D eigenvalue weighted by atomic mass is 9.63. The minimum absolute atomic E-state index is 0.778. The van der Waals surface area contributed by atoms with Gasteiger partial charge in [0.1, 0.15) is 0 Å².